The number of aliphatic hydroxyl groups is 1. The van der Waals surface area contributed by atoms with Crippen LogP contribution in [0.15, 0.2) is 55.1 Å². The summed E-state index contributed by atoms with van der Waals surface area (Å²) in [5, 5.41) is 10.5. The van der Waals surface area contributed by atoms with Crippen molar-refractivity contribution in [3.8, 4) is 0 Å². The molecule has 0 fully saturated rings. The molecular weight excluding hydrogens is 281 g/mol. The Labute approximate surface area is 127 Å². The van der Waals surface area contributed by atoms with Crippen molar-refractivity contribution < 1.29 is 9.50 Å². The van der Waals surface area contributed by atoms with E-state index in [4.69, 9.17) is 0 Å². The van der Waals surface area contributed by atoms with Gasteiger partial charge < -0.3 is 9.67 Å². The molecule has 1 aromatic carbocycles. The van der Waals surface area contributed by atoms with Gasteiger partial charge >= 0.3 is 0 Å². The average molecular weight is 297 g/mol. The first-order valence-corrected chi connectivity index (χ1v) is 6.99. The zero-order valence-corrected chi connectivity index (χ0v) is 12.1. The fourth-order valence-corrected chi connectivity index (χ4v) is 2.41. The number of aliphatic hydroxyl groups excluding tert-OH is 1. The van der Waals surface area contributed by atoms with Gasteiger partial charge in [0.2, 0.25) is 0 Å². The largest absolute Gasteiger partial charge is 0.380 e. The van der Waals surface area contributed by atoms with Crippen LogP contribution in [0.1, 0.15) is 28.6 Å². The Morgan fingerprint density at radius 2 is 2.14 bits per heavy atom. The van der Waals surface area contributed by atoms with Gasteiger partial charge in [0, 0.05) is 36.9 Å². The van der Waals surface area contributed by atoms with Crippen molar-refractivity contribution in [1.82, 2.24) is 14.5 Å². The third-order valence-corrected chi connectivity index (χ3v) is 3.64. The fourth-order valence-electron chi connectivity index (χ4n) is 2.41. The molecule has 0 radical (unpaired) electrons. The molecule has 0 aliphatic carbocycles. The van der Waals surface area contributed by atoms with Crippen LogP contribution in [-0.2, 0) is 6.54 Å². The number of aromatic nitrogens is 3. The molecule has 0 bridgehead atoms. The summed E-state index contributed by atoms with van der Waals surface area (Å²) in [6.45, 7) is 2.39. The lowest BCUT2D eigenvalue weighted by Gasteiger charge is -2.14. The van der Waals surface area contributed by atoms with E-state index in [2.05, 4.69) is 9.97 Å². The first-order valence-electron chi connectivity index (χ1n) is 6.99. The quantitative estimate of drug-likeness (QED) is 0.805. The van der Waals surface area contributed by atoms with E-state index in [0.29, 0.717) is 17.9 Å². The molecule has 0 saturated carbocycles. The summed E-state index contributed by atoms with van der Waals surface area (Å²) in [6, 6.07) is 8.28. The summed E-state index contributed by atoms with van der Waals surface area (Å²) in [6.07, 6.45) is 5.88. The molecule has 1 atom stereocenters. The van der Waals surface area contributed by atoms with E-state index < -0.39 is 6.10 Å². The van der Waals surface area contributed by atoms with E-state index in [-0.39, 0.29) is 5.82 Å². The maximum atomic E-state index is 13.2. The van der Waals surface area contributed by atoms with Crippen LogP contribution in [0.3, 0.4) is 0 Å². The standard InChI is InChI=1S/C17H16FN3O/c1-12-9-15(18)5-4-14(12)11-21-8-7-20-17(21)16(22)13-3-2-6-19-10-13/h2-10,16,22H,11H2,1H3. The highest BCUT2D eigenvalue weighted by Gasteiger charge is 2.16. The van der Waals surface area contributed by atoms with E-state index in [1.54, 1.807) is 43.0 Å². The minimum absolute atomic E-state index is 0.248. The fraction of sp³-hybridized carbons (Fsp3) is 0.176. The Bertz CT molecular complexity index is 771. The minimum Gasteiger partial charge on any atom is -0.380 e. The van der Waals surface area contributed by atoms with Gasteiger partial charge in [0.1, 0.15) is 17.7 Å². The highest BCUT2D eigenvalue weighted by Crippen LogP contribution is 2.21. The van der Waals surface area contributed by atoms with Crippen molar-refractivity contribution >= 4 is 0 Å². The van der Waals surface area contributed by atoms with Gasteiger partial charge in [-0.1, -0.05) is 12.1 Å². The number of hydrogen-bond donors (Lipinski definition) is 1. The van der Waals surface area contributed by atoms with Gasteiger partial charge in [-0.25, -0.2) is 9.37 Å². The van der Waals surface area contributed by atoms with Crippen LogP contribution in [0.4, 0.5) is 4.39 Å². The molecule has 112 valence electrons. The molecule has 0 aliphatic heterocycles. The summed E-state index contributed by atoms with van der Waals surface area (Å²) in [4.78, 5) is 8.26. The van der Waals surface area contributed by atoms with Crippen LogP contribution < -0.4 is 0 Å². The van der Waals surface area contributed by atoms with Gasteiger partial charge in [-0.2, -0.15) is 0 Å². The average Bonchev–Trinajstić information content (AvgIpc) is 2.98. The summed E-state index contributed by atoms with van der Waals surface area (Å²) in [5.74, 6) is 0.291. The molecule has 0 saturated heterocycles. The molecule has 5 heteroatoms. The van der Waals surface area contributed by atoms with Crippen molar-refractivity contribution in [2.75, 3.05) is 0 Å². The lowest BCUT2D eigenvalue weighted by Crippen LogP contribution is -2.11. The molecule has 3 rings (SSSR count). The molecule has 2 aromatic heterocycles. The topological polar surface area (TPSA) is 50.9 Å². The van der Waals surface area contributed by atoms with E-state index in [1.807, 2.05) is 11.5 Å². The van der Waals surface area contributed by atoms with Crippen LogP contribution in [0, 0.1) is 12.7 Å². The normalized spacial score (nSPS) is 12.3. The van der Waals surface area contributed by atoms with E-state index >= 15 is 0 Å². The molecule has 3 aromatic rings. The van der Waals surface area contributed by atoms with E-state index in [0.717, 1.165) is 11.1 Å². The summed E-state index contributed by atoms with van der Waals surface area (Å²) >= 11 is 0. The van der Waals surface area contributed by atoms with Crippen LogP contribution in [0.2, 0.25) is 0 Å². The Morgan fingerprint density at radius 3 is 2.86 bits per heavy atom. The highest BCUT2D eigenvalue weighted by molar-refractivity contribution is 5.28. The van der Waals surface area contributed by atoms with Gasteiger partial charge in [-0.15, -0.1) is 0 Å². The summed E-state index contributed by atoms with van der Waals surface area (Å²) in [5.41, 5.74) is 2.54. The molecule has 22 heavy (non-hydrogen) atoms. The zero-order chi connectivity index (χ0) is 15.5. The van der Waals surface area contributed by atoms with Crippen molar-refractivity contribution in [3.05, 3.63) is 83.5 Å². The molecule has 0 spiro atoms. The maximum absolute atomic E-state index is 13.2. The number of halogens is 1. The zero-order valence-electron chi connectivity index (χ0n) is 12.1. The number of benzene rings is 1. The third kappa shape index (κ3) is 2.89. The Morgan fingerprint density at radius 1 is 1.27 bits per heavy atom. The second-order valence-electron chi connectivity index (χ2n) is 5.17. The van der Waals surface area contributed by atoms with Crippen molar-refractivity contribution in [2.45, 2.75) is 19.6 Å². The lowest BCUT2D eigenvalue weighted by molar-refractivity contribution is 0.205. The molecule has 2 heterocycles. The molecule has 1 unspecified atom stereocenters. The second kappa shape index (κ2) is 6.07. The predicted octanol–water partition coefficient (Wildman–Crippen LogP) is 2.86. The summed E-state index contributed by atoms with van der Waals surface area (Å²) < 4.78 is 15.0. The number of aryl methyl sites for hydroxylation is 1. The molecule has 1 N–H and O–H groups in total. The first kappa shape index (κ1) is 14.4. The third-order valence-electron chi connectivity index (χ3n) is 3.64. The monoisotopic (exact) mass is 297 g/mol. The first-order chi connectivity index (χ1) is 10.6. The smallest absolute Gasteiger partial charge is 0.142 e. The van der Waals surface area contributed by atoms with E-state index in [9.17, 15) is 9.50 Å². The van der Waals surface area contributed by atoms with Crippen molar-refractivity contribution in [3.63, 3.8) is 0 Å². The molecular formula is C17H16FN3O. The molecule has 0 aliphatic rings. The summed E-state index contributed by atoms with van der Waals surface area (Å²) in [7, 11) is 0. The number of rotatable bonds is 4. The minimum atomic E-state index is -0.843. The number of pyridine rings is 1. The van der Waals surface area contributed by atoms with Gasteiger partial charge in [0.05, 0.1) is 0 Å². The van der Waals surface area contributed by atoms with Gasteiger partial charge in [0.15, 0.2) is 0 Å². The number of imidazole rings is 1. The Hall–Kier alpha value is -2.53. The van der Waals surface area contributed by atoms with E-state index in [1.165, 1.54) is 12.1 Å². The molecule has 4 nitrogen and oxygen atoms in total. The Kier molecular flexibility index (Phi) is 3.98. The van der Waals surface area contributed by atoms with Gasteiger partial charge in [-0.05, 0) is 36.2 Å². The van der Waals surface area contributed by atoms with Crippen LogP contribution >= 0.6 is 0 Å². The van der Waals surface area contributed by atoms with Crippen molar-refractivity contribution in [1.29, 1.82) is 0 Å². The van der Waals surface area contributed by atoms with Crippen molar-refractivity contribution in [2.24, 2.45) is 0 Å². The van der Waals surface area contributed by atoms with Crippen LogP contribution in [0.5, 0.6) is 0 Å². The maximum Gasteiger partial charge on any atom is 0.142 e. The van der Waals surface area contributed by atoms with Gasteiger partial charge in [-0.3, -0.25) is 4.98 Å². The predicted molar refractivity (Wildman–Crippen MR) is 80.8 cm³/mol. The number of hydrogen-bond acceptors (Lipinski definition) is 3. The highest BCUT2D eigenvalue weighted by atomic mass is 19.1. The SMILES string of the molecule is Cc1cc(F)ccc1Cn1ccnc1C(O)c1cccnc1. The van der Waals surface area contributed by atoms with Gasteiger partial charge in [0.25, 0.3) is 0 Å². The second-order valence-corrected chi connectivity index (χ2v) is 5.17. The molecule has 0 amide bonds. The van der Waals surface area contributed by atoms with Crippen LogP contribution in [-0.4, -0.2) is 19.6 Å². The number of nitrogens with zero attached hydrogens (tertiary/aromatic N) is 3. The Balaban J connectivity index is 1.89. The lowest BCUT2D eigenvalue weighted by atomic mass is 10.1. The van der Waals surface area contributed by atoms with Crippen LogP contribution in [0.25, 0.3) is 0 Å².